The van der Waals surface area contributed by atoms with Crippen molar-refractivity contribution in [2.75, 3.05) is 0 Å². The minimum Gasteiger partial charge on any atom is -0.387 e. The van der Waals surface area contributed by atoms with E-state index in [1.165, 1.54) is 0 Å². The van der Waals surface area contributed by atoms with E-state index in [1.807, 2.05) is 50.6 Å². The molecule has 0 amide bonds. The van der Waals surface area contributed by atoms with Crippen LogP contribution in [0.3, 0.4) is 0 Å². The lowest BCUT2D eigenvalue weighted by molar-refractivity contribution is -0.110. The van der Waals surface area contributed by atoms with E-state index in [9.17, 15) is 9.90 Å². The lowest BCUT2D eigenvalue weighted by atomic mass is 9.86. The standard InChI is InChI=1S/C17H17O2/c1-12-10-14(18)8-9-17(12)15(16(17,2)19)11-13-6-4-3-5-7-13/h3-11,15,19H,1-2H3/q+1/t15?,16-,17-/m0/s1. The molecule has 0 bridgehead atoms. The summed E-state index contributed by atoms with van der Waals surface area (Å²) in [6, 6.07) is 0. The predicted octanol–water partition coefficient (Wildman–Crippen LogP) is 2.70. The van der Waals surface area contributed by atoms with Gasteiger partial charge in [-0.25, -0.2) is 0 Å². The molecule has 3 aliphatic carbocycles. The number of hydrogen-bond donors (Lipinski definition) is 1. The zero-order valence-corrected chi connectivity index (χ0v) is 11.1. The van der Waals surface area contributed by atoms with E-state index in [0.29, 0.717) is 0 Å². The number of carbonyl (C=O) groups excluding carboxylic acids is 1. The molecule has 0 saturated heterocycles. The molecule has 1 N–H and O–H groups in total. The first-order valence-corrected chi connectivity index (χ1v) is 6.53. The van der Waals surface area contributed by atoms with E-state index in [4.69, 9.17) is 0 Å². The fourth-order valence-electron chi connectivity index (χ4n) is 3.36. The maximum Gasteiger partial charge on any atom is 0.178 e. The number of ketones is 1. The molecule has 1 spiro atoms. The van der Waals surface area contributed by atoms with Crippen LogP contribution in [0.15, 0.2) is 59.8 Å². The van der Waals surface area contributed by atoms with Crippen LogP contribution in [0.5, 0.6) is 0 Å². The fourth-order valence-corrected chi connectivity index (χ4v) is 3.36. The Morgan fingerprint density at radius 1 is 1.37 bits per heavy atom. The van der Waals surface area contributed by atoms with E-state index >= 15 is 0 Å². The molecule has 1 saturated carbocycles. The van der Waals surface area contributed by atoms with Gasteiger partial charge in [-0.1, -0.05) is 11.6 Å². The largest absolute Gasteiger partial charge is 0.387 e. The highest BCUT2D eigenvalue weighted by Gasteiger charge is 2.74. The Labute approximate surface area is 113 Å². The summed E-state index contributed by atoms with van der Waals surface area (Å²) < 4.78 is 0. The number of hydrogen-bond acceptors (Lipinski definition) is 2. The molecular weight excluding hydrogens is 236 g/mol. The van der Waals surface area contributed by atoms with Crippen LogP contribution in [0.1, 0.15) is 13.8 Å². The van der Waals surface area contributed by atoms with E-state index < -0.39 is 11.0 Å². The van der Waals surface area contributed by atoms with Crippen LogP contribution in [0, 0.1) is 17.8 Å². The van der Waals surface area contributed by atoms with Gasteiger partial charge in [0.2, 0.25) is 0 Å². The minimum atomic E-state index is -0.819. The zero-order valence-electron chi connectivity index (χ0n) is 11.1. The van der Waals surface area contributed by atoms with Gasteiger partial charge in [-0.05, 0) is 26.0 Å². The monoisotopic (exact) mass is 253 g/mol. The SMILES string of the molecule is CC1=CC(=O)C=C[C@@]12C(/C=C1\C=CC=C[CH+]1)[C@]2(C)O. The molecule has 96 valence electrons. The van der Waals surface area contributed by atoms with Crippen LogP contribution in [-0.4, -0.2) is 16.5 Å². The number of allylic oxidation sites excluding steroid dienone is 7. The highest BCUT2D eigenvalue weighted by atomic mass is 16.3. The van der Waals surface area contributed by atoms with Crippen molar-refractivity contribution in [2.45, 2.75) is 19.4 Å². The smallest absolute Gasteiger partial charge is 0.178 e. The molecule has 3 aliphatic rings. The summed E-state index contributed by atoms with van der Waals surface area (Å²) in [6.45, 7) is 3.77. The normalized spacial score (nSPS) is 41.6. The summed E-state index contributed by atoms with van der Waals surface area (Å²) >= 11 is 0. The second kappa shape index (κ2) is 3.84. The molecule has 0 heterocycles. The summed E-state index contributed by atoms with van der Waals surface area (Å²) in [5, 5.41) is 10.7. The Hall–Kier alpha value is -1.80. The molecule has 0 aromatic rings. The number of carbonyl (C=O) groups is 1. The molecule has 1 unspecified atom stereocenters. The molecule has 0 radical (unpaired) electrons. The Morgan fingerprint density at radius 3 is 2.79 bits per heavy atom. The summed E-state index contributed by atoms with van der Waals surface area (Å²) in [5.74, 6) is 0.0206. The van der Waals surface area contributed by atoms with Crippen molar-refractivity contribution >= 4 is 5.78 Å². The maximum atomic E-state index is 11.4. The Bertz CT molecular complexity index is 584. The minimum absolute atomic E-state index is 0.00397. The average Bonchev–Trinajstić information content (AvgIpc) is 2.83. The lowest BCUT2D eigenvalue weighted by Crippen LogP contribution is -2.18. The summed E-state index contributed by atoms with van der Waals surface area (Å²) in [6.07, 6.45) is 17.2. The first kappa shape index (κ1) is 12.2. The van der Waals surface area contributed by atoms with Crippen LogP contribution < -0.4 is 0 Å². The fraction of sp³-hybridized carbons (Fsp3) is 0.294. The van der Waals surface area contributed by atoms with Gasteiger partial charge in [0.25, 0.3) is 0 Å². The van der Waals surface area contributed by atoms with Crippen molar-refractivity contribution in [2.24, 2.45) is 11.3 Å². The van der Waals surface area contributed by atoms with Crippen LogP contribution >= 0.6 is 0 Å². The van der Waals surface area contributed by atoms with Crippen LogP contribution in [0.2, 0.25) is 0 Å². The van der Waals surface area contributed by atoms with Crippen LogP contribution in [0.4, 0.5) is 0 Å². The highest BCUT2D eigenvalue weighted by molar-refractivity contribution is 6.01. The molecule has 1 fully saturated rings. The molecule has 3 rings (SSSR count). The summed E-state index contributed by atoms with van der Waals surface area (Å²) in [5.41, 5.74) is 0.821. The van der Waals surface area contributed by atoms with Gasteiger partial charge in [0.15, 0.2) is 5.78 Å². The Kier molecular flexibility index (Phi) is 2.48. The zero-order chi connectivity index (χ0) is 13.7. The maximum absolute atomic E-state index is 11.4. The molecule has 19 heavy (non-hydrogen) atoms. The molecule has 2 heteroatoms. The van der Waals surface area contributed by atoms with Gasteiger partial charge >= 0.3 is 0 Å². The Balaban J connectivity index is 1.95. The van der Waals surface area contributed by atoms with Gasteiger partial charge in [0, 0.05) is 36.8 Å². The van der Waals surface area contributed by atoms with Crippen molar-refractivity contribution in [3.05, 3.63) is 66.2 Å². The number of aliphatic hydroxyl groups is 1. The van der Waals surface area contributed by atoms with Crippen molar-refractivity contribution < 1.29 is 9.90 Å². The quantitative estimate of drug-likeness (QED) is 0.729. The average molecular weight is 253 g/mol. The third-order valence-electron chi connectivity index (χ3n) is 4.53. The van der Waals surface area contributed by atoms with Gasteiger partial charge in [-0.15, -0.1) is 0 Å². The van der Waals surface area contributed by atoms with Gasteiger partial charge in [-0.2, -0.15) is 0 Å². The second-order valence-electron chi connectivity index (χ2n) is 5.63. The van der Waals surface area contributed by atoms with Crippen LogP contribution in [0.25, 0.3) is 0 Å². The first-order valence-electron chi connectivity index (χ1n) is 6.53. The van der Waals surface area contributed by atoms with Crippen LogP contribution in [-0.2, 0) is 4.79 Å². The summed E-state index contributed by atoms with van der Waals surface area (Å²) in [7, 11) is 0. The van der Waals surface area contributed by atoms with Gasteiger partial charge in [0.05, 0.1) is 22.5 Å². The molecular formula is C17H17O2+. The van der Waals surface area contributed by atoms with Crippen molar-refractivity contribution in [3.8, 4) is 0 Å². The number of rotatable bonds is 1. The van der Waals surface area contributed by atoms with Crippen molar-refractivity contribution in [3.63, 3.8) is 0 Å². The Morgan fingerprint density at radius 2 is 2.16 bits per heavy atom. The third kappa shape index (κ3) is 1.60. The summed E-state index contributed by atoms with van der Waals surface area (Å²) in [4.78, 5) is 11.4. The third-order valence-corrected chi connectivity index (χ3v) is 4.53. The highest BCUT2D eigenvalue weighted by Crippen LogP contribution is 2.68. The van der Waals surface area contributed by atoms with Gasteiger partial charge in [0.1, 0.15) is 0 Å². The second-order valence-corrected chi connectivity index (χ2v) is 5.63. The topological polar surface area (TPSA) is 37.3 Å². The van der Waals surface area contributed by atoms with Gasteiger partial charge in [-0.3, -0.25) is 4.79 Å². The van der Waals surface area contributed by atoms with E-state index in [0.717, 1.165) is 11.1 Å². The van der Waals surface area contributed by atoms with E-state index in [-0.39, 0.29) is 11.7 Å². The molecule has 0 aliphatic heterocycles. The molecule has 0 aromatic carbocycles. The van der Waals surface area contributed by atoms with Crippen molar-refractivity contribution in [1.29, 1.82) is 0 Å². The molecule has 0 aromatic heterocycles. The predicted molar refractivity (Wildman–Crippen MR) is 75.1 cm³/mol. The first-order chi connectivity index (χ1) is 8.98. The van der Waals surface area contributed by atoms with Gasteiger partial charge < -0.3 is 5.11 Å². The van der Waals surface area contributed by atoms with E-state index in [2.05, 4.69) is 6.08 Å². The van der Waals surface area contributed by atoms with Crippen molar-refractivity contribution in [1.82, 2.24) is 0 Å². The van der Waals surface area contributed by atoms with E-state index in [1.54, 1.807) is 12.2 Å². The molecule has 2 nitrogen and oxygen atoms in total. The molecule has 3 atom stereocenters. The lowest BCUT2D eigenvalue weighted by Gasteiger charge is -2.18.